The number of hydrogen-bond donors (Lipinski definition) is 2. The number of aromatic nitrogens is 6. The Balaban J connectivity index is 1.45. The van der Waals surface area contributed by atoms with E-state index in [4.69, 9.17) is 10.3 Å². The lowest BCUT2D eigenvalue weighted by Gasteiger charge is -2.26. The predicted molar refractivity (Wildman–Crippen MR) is 120 cm³/mol. The van der Waals surface area contributed by atoms with Crippen molar-refractivity contribution in [3.8, 4) is 23.2 Å². The molecule has 0 bridgehead atoms. The molecule has 166 valence electrons. The van der Waals surface area contributed by atoms with Gasteiger partial charge < -0.3 is 20.5 Å². The van der Waals surface area contributed by atoms with Crippen molar-refractivity contribution in [1.29, 1.82) is 0 Å². The van der Waals surface area contributed by atoms with Crippen LogP contribution in [0.2, 0.25) is 0 Å². The summed E-state index contributed by atoms with van der Waals surface area (Å²) in [7, 11) is 1.82. The molecule has 1 aromatic carbocycles. The van der Waals surface area contributed by atoms with Crippen molar-refractivity contribution in [2.45, 2.75) is 25.3 Å². The summed E-state index contributed by atoms with van der Waals surface area (Å²) in [4.78, 5) is 35.9. The number of pyridine rings is 1. The van der Waals surface area contributed by atoms with Crippen LogP contribution in [0.25, 0.3) is 23.2 Å². The maximum atomic E-state index is 12.7. The summed E-state index contributed by atoms with van der Waals surface area (Å²) in [5.74, 6) is 0.459. The maximum absolute atomic E-state index is 12.7. The van der Waals surface area contributed by atoms with Crippen LogP contribution in [0.3, 0.4) is 0 Å². The van der Waals surface area contributed by atoms with Crippen molar-refractivity contribution in [1.82, 2.24) is 35.4 Å². The largest absolute Gasteiger partial charge is 0.368 e. The summed E-state index contributed by atoms with van der Waals surface area (Å²) in [5.41, 5.74) is 7.44. The first kappa shape index (κ1) is 20.5. The molecule has 33 heavy (non-hydrogen) atoms. The third-order valence-electron chi connectivity index (χ3n) is 5.41. The quantitative estimate of drug-likeness (QED) is 0.455. The Labute approximate surface area is 189 Å². The van der Waals surface area contributed by atoms with Crippen LogP contribution in [0, 0.1) is 0 Å². The first-order chi connectivity index (χ1) is 16.1. The van der Waals surface area contributed by atoms with Gasteiger partial charge >= 0.3 is 0 Å². The predicted octanol–water partition coefficient (Wildman–Crippen LogP) is 2.62. The Morgan fingerprint density at radius 3 is 2.64 bits per heavy atom. The van der Waals surface area contributed by atoms with E-state index < -0.39 is 0 Å². The van der Waals surface area contributed by atoms with E-state index in [1.54, 1.807) is 23.2 Å². The Kier molecular flexibility index (Phi) is 5.35. The Morgan fingerprint density at radius 1 is 1.06 bits per heavy atom. The third-order valence-corrected chi connectivity index (χ3v) is 5.41. The van der Waals surface area contributed by atoms with E-state index in [0.717, 1.165) is 24.9 Å². The molecule has 3 N–H and O–H groups in total. The van der Waals surface area contributed by atoms with Crippen LogP contribution >= 0.6 is 0 Å². The molecule has 0 saturated heterocycles. The normalized spacial score (nSPS) is 13.4. The molecule has 1 aliphatic carbocycles. The van der Waals surface area contributed by atoms with Gasteiger partial charge in [0.1, 0.15) is 5.69 Å². The minimum Gasteiger partial charge on any atom is -0.368 e. The minimum atomic E-state index is -0.223. The van der Waals surface area contributed by atoms with E-state index in [0.29, 0.717) is 11.5 Å². The van der Waals surface area contributed by atoms with Gasteiger partial charge in [-0.2, -0.15) is 19.9 Å². The van der Waals surface area contributed by atoms with Crippen LogP contribution in [0.1, 0.15) is 29.6 Å². The van der Waals surface area contributed by atoms with Gasteiger partial charge in [0.25, 0.3) is 11.8 Å². The van der Waals surface area contributed by atoms with Crippen LogP contribution in [-0.2, 0) is 0 Å². The molecule has 1 saturated carbocycles. The molecule has 5 rings (SSSR count). The van der Waals surface area contributed by atoms with Crippen LogP contribution in [0.5, 0.6) is 0 Å². The number of benzene rings is 1. The van der Waals surface area contributed by atoms with Crippen molar-refractivity contribution in [3.05, 3.63) is 54.2 Å². The highest BCUT2D eigenvalue weighted by Gasteiger charge is 2.25. The Hall–Kier alpha value is -4.41. The number of nitrogens with one attached hydrogen (secondary N) is 1. The lowest BCUT2D eigenvalue weighted by Crippen LogP contribution is -2.39. The summed E-state index contributed by atoms with van der Waals surface area (Å²) in [5, 5.41) is 6.98. The van der Waals surface area contributed by atoms with Gasteiger partial charge in [0.2, 0.25) is 23.5 Å². The van der Waals surface area contributed by atoms with E-state index in [-0.39, 0.29) is 41.1 Å². The summed E-state index contributed by atoms with van der Waals surface area (Å²) in [6, 6.07) is 13.1. The van der Waals surface area contributed by atoms with Crippen molar-refractivity contribution in [2.75, 3.05) is 17.7 Å². The maximum Gasteiger partial charge on any atom is 0.277 e. The molecule has 11 heteroatoms. The fraction of sp³-hybridized carbons (Fsp3) is 0.227. The molecule has 1 aliphatic rings. The molecule has 1 amide bonds. The lowest BCUT2D eigenvalue weighted by atomic mass is 9.93. The molecule has 0 unspecified atom stereocenters. The number of amides is 1. The summed E-state index contributed by atoms with van der Waals surface area (Å²) in [6.07, 6.45) is 4.64. The molecule has 3 heterocycles. The average Bonchev–Trinajstić information content (AvgIpc) is 3.31. The van der Waals surface area contributed by atoms with Gasteiger partial charge in [-0.15, -0.1) is 0 Å². The molecule has 4 aromatic rings. The van der Waals surface area contributed by atoms with Gasteiger partial charge in [0.15, 0.2) is 0 Å². The summed E-state index contributed by atoms with van der Waals surface area (Å²) < 4.78 is 5.41. The smallest absolute Gasteiger partial charge is 0.277 e. The van der Waals surface area contributed by atoms with E-state index in [1.807, 2.05) is 37.4 Å². The zero-order chi connectivity index (χ0) is 22.8. The molecule has 0 spiro atoms. The van der Waals surface area contributed by atoms with Gasteiger partial charge in [-0.1, -0.05) is 23.4 Å². The highest BCUT2D eigenvalue weighted by atomic mass is 16.5. The highest BCUT2D eigenvalue weighted by Crippen LogP contribution is 2.26. The monoisotopic (exact) mass is 443 g/mol. The average molecular weight is 443 g/mol. The molecule has 3 aromatic heterocycles. The van der Waals surface area contributed by atoms with Crippen molar-refractivity contribution < 1.29 is 9.32 Å². The number of hydrogen-bond acceptors (Lipinski definition) is 10. The third kappa shape index (κ3) is 4.20. The topological polar surface area (TPSA) is 149 Å². The minimum absolute atomic E-state index is 0.0162. The second-order valence-electron chi connectivity index (χ2n) is 7.64. The molecular weight excluding hydrogens is 422 g/mol. The van der Waals surface area contributed by atoms with E-state index in [1.165, 1.54) is 0 Å². The standard InChI is InChI=1S/C22H21N9O2/c1-31(14-9-3-2-4-10-14)22-28-17(27-21(23)29-22)18-26-20(33-30-18)16-15(11-6-12-24-16)19(32)25-13-7-5-8-13/h2-4,6,9-13H,5,7-8H2,1H3,(H,25,32)(H2,23,27,28,29). The lowest BCUT2D eigenvalue weighted by molar-refractivity contribution is 0.0917. The van der Waals surface area contributed by atoms with Gasteiger partial charge in [0, 0.05) is 25.0 Å². The number of carbonyl (C=O) groups is 1. The molecule has 11 nitrogen and oxygen atoms in total. The van der Waals surface area contributed by atoms with Gasteiger partial charge in [0.05, 0.1) is 5.56 Å². The van der Waals surface area contributed by atoms with Crippen LogP contribution in [-0.4, -0.2) is 49.1 Å². The number of para-hydroxylation sites is 1. The van der Waals surface area contributed by atoms with Gasteiger partial charge in [-0.3, -0.25) is 9.78 Å². The van der Waals surface area contributed by atoms with Crippen LogP contribution in [0.4, 0.5) is 17.6 Å². The Bertz CT molecular complexity index is 1290. The fourth-order valence-electron chi connectivity index (χ4n) is 3.38. The number of carbonyl (C=O) groups excluding carboxylic acids is 1. The first-order valence-corrected chi connectivity index (χ1v) is 10.5. The molecule has 0 atom stereocenters. The van der Waals surface area contributed by atoms with E-state index in [9.17, 15) is 4.79 Å². The number of nitrogens with two attached hydrogens (primary N) is 1. The zero-order valence-electron chi connectivity index (χ0n) is 17.8. The molecule has 0 radical (unpaired) electrons. The summed E-state index contributed by atoms with van der Waals surface area (Å²) in [6.45, 7) is 0. The van der Waals surface area contributed by atoms with Gasteiger partial charge in [-0.25, -0.2) is 0 Å². The highest BCUT2D eigenvalue weighted by molar-refractivity contribution is 5.99. The number of rotatable bonds is 6. The zero-order valence-corrected chi connectivity index (χ0v) is 17.8. The van der Waals surface area contributed by atoms with Crippen LogP contribution < -0.4 is 16.0 Å². The number of nitrogen functional groups attached to an aromatic ring is 1. The second kappa shape index (κ2) is 8.61. The molecule has 1 fully saturated rings. The first-order valence-electron chi connectivity index (χ1n) is 10.5. The SMILES string of the molecule is CN(c1ccccc1)c1nc(N)nc(-c2noc(-c3ncccc3C(=O)NC3CCC3)n2)n1. The number of nitrogens with zero attached hydrogens (tertiary/aromatic N) is 7. The van der Waals surface area contributed by atoms with Crippen molar-refractivity contribution in [2.24, 2.45) is 0 Å². The number of anilines is 3. The second-order valence-corrected chi connectivity index (χ2v) is 7.64. The van der Waals surface area contributed by atoms with E-state index in [2.05, 4.69) is 35.4 Å². The van der Waals surface area contributed by atoms with Gasteiger partial charge in [-0.05, 0) is 43.5 Å². The van der Waals surface area contributed by atoms with Crippen molar-refractivity contribution >= 4 is 23.5 Å². The molecule has 0 aliphatic heterocycles. The summed E-state index contributed by atoms with van der Waals surface area (Å²) >= 11 is 0. The van der Waals surface area contributed by atoms with Crippen molar-refractivity contribution in [3.63, 3.8) is 0 Å². The Morgan fingerprint density at radius 2 is 1.88 bits per heavy atom. The fourth-order valence-corrected chi connectivity index (χ4v) is 3.38. The molecular formula is C22H21N9O2. The van der Waals surface area contributed by atoms with E-state index >= 15 is 0 Å². The van der Waals surface area contributed by atoms with Crippen LogP contribution in [0.15, 0.2) is 53.2 Å².